The van der Waals surface area contributed by atoms with Gasteiger partial charge in [-0.15, -0.1) is 0 Å². The average Bonchev–Trinajstić information content (AvgIpc) is 2.75. The van der Waals surface area contributed by atoms with Crippen LogP contribution in [0.15, 0.2) is 48.5 Å². The summed E-state index contributed by atoms with van der Waals surface area (Å²) in [6.45, 7) is 10.3. The highest BCUT2D eigenvalue weighted by molar-refractivity contribution is 6.30. The quantitative estimate of drug-likeness (QED) is 0.655. The number of benzene rings is 2. The van der Waals surface area contributed by atoms with E-state index in [1.54, 1.807) is 0 Å². The van der Waals surface area contributed by atoms with Crippen molar-refractivity contribution < 1.29 is 9.53 Å². The first-order chi connectivity index (χ1) is 14.1. The molecule has 2 aromatic carbocycles. The van der Waals surface area contributed by atoms with Crippen LogP contribution in [0.2, 0.25) is 5.02 Å². The summed E-state index contributed by atoms with van der Waals surface area (Å²) in [5, 5.41) is 0.756. The third-order valence-electron chi connectivity index (χ3n) is 5.35. The molecule has 1 heterocycles. The third-order valence-corrected chi connectivity index (χ3v) is 5.60. The maximum Gasteiger partial charge on any atom is 0.260 e. The Labute approximate surface area is 178 Å². The third kappa shape index (κ3) is 6.12. The van der Waals surface area contributed by atoms with Gasteiger partial charge < -0.3 is 14.5 Å². The van der Waals surface area contributed by atoms with Crippen molar-refractivity contribution in [2.45, 2.75) is 20.4 Å². The number of hydrogen-bond donors (Lipinski definition) is 0. The van der Waals surface area contributed by atoms with Gasteiger partial charge in [-0.2, -0.15) is 0 Å². The standard InChI is InChI=1S/C23H30ClN3O2/c1-3-26(4-2)21-6-5-7-22(16-21)29-18-23(28)27-14-12-25(13-15-27)17-19-8-10-20(24)11-9-19/h5-11,16H,3-4,12-15,17-18H2,1-2H3. The molecule has 29 heavy (non-hydrogen) atoms. The predicted molar refractivity (Wildman–Crippen MR) is 119 cm³/mol. The number of carbonyl (C=O) groups is 1. The van der Waals surface area contributed by atoms with E-state index in [0.29, 0.717) is 0 Å². The lowest BCUT2D eigenvalue weighted by molar-refractivity contribution is -0.135. The Hall–Kier alpha value is -2.24. The summed E-state index contributed by atoms with van der Waals surface area (Å²) >= 11 is 5.95. The number of hydrogen-bond acceptors (Lipinski definition) is 4. The van der Waals surface area contributed by atoms with Crippen molar-refractivity contribution in [1.82, 2.24) is 9.80 Å². The number of ether oxygens (including phenoxy) is 1. The van der Waals surface area contributed by atoms with E-state index in [1.807, 2.05) is 35.2 Å². The van der Waals surface area contributed by atoms with E-state index in [-0.39, 0.29) is 12.5 Å². The Bertz CT molecular complexity index is 785. The molecule has 0 radical (unpaired) electrons. The highest BCUT2D eigenvalue weighted by atomic mass is 35.5. The number of anilines is 1. The molecule has 6 heteroatoms. The number of halogens is 1. The Morgan fingerprint density at radius 1 is 1.03 bits per heavy atom. The maximum absolute atomic E-state index is 12.6. The smallest absolute Gasteiger partial charge is 0.260 e. The van der Waals surface area contributed by atoms with Gasteiger partial charge in [-0.1, -0.05) is 29.8 Å². The lowest BCUT2D eigenvalue weighted by Gasteiger charge is -2.34. The van der Waals surface area contributed by atoms with Crippen LogP contribution >= 0.6 is 11.6 Å². The summed E-state index contributed by atoms with van der Waals surface area (Å²) < 4.78 is 5.79. The fraction of sp³-hybridized carbons (Fsp3) is 0.435. The molecule has 1 fully saturated rings. The molecule has 0 unspecified atom stereocenters. The lowest BCUT2D eigenvalue weighted by Crippen LogP contribution is -2.49. The minimum absolute atomic E-state index is 0.0457. The molecule has 1 amide bonds. The Morgan fingerprint density at radius 2 is 1.72 bits per heavy atom. The number of rotatable bonds is 8. The van der Waals surface area contributed by atoms with Gasteiger partial charge in [0.05, 0.1) is 0 Å². The first kappa shape index (κ1) is 21.5. The molecule has 0 spiro atoms. The Kier molecular flexibility index (Phi) is 7.78. The molecule has 0 aromatic heterocycles. The molecule has 0 bridgehead atoms. The van der Waals surface area contributed by atoms with Crippen LogP contribution in [0.5, 0.6) is 5.75 Å². The summed E-state index contributed by atoms with van der Waals surface area (Å²) in [7, 11) is 0. The largest absolute Gasteiger partial charge is 0.484 e. The fourth-order valence-electron chi connectivity index (χ4n) is 3.60. The van der Waals surface area contributed by atoms with Gasteiger partial charge in [-0.3, -0.25) is 9.69 Å². The van der Waals surface area contributed by atoms with Gasteiger partial charge >= 0.3 is 0 Å². The first-order valence-corrected chi connectivity index (χ1v) is 10.7. The van der Waals surface area contributed by atoms with Crippen molar-refractivity contribution in [3.63, 3.8) is 0 Å². The zero-order valence-electron chi connectivity index (χ0n) is 17.3. The molecule has 3 rings (SSSR count). The molecule has 5 nitrogen and oxygen atoms in total. The van der Waals surface area contributed by atoms with Gasteiger partial charge in [0.2, 0.25) is 0 Å². The van der Waals surface area contributed by atoms with E-state index in [0.717, 1.165) is 62.3 Å². The Morgan fingerprint density at radius 3 is 2.38 bits per heavy atom. The van der Waals surface area contributed by atoms with Crippen LogP contribution in [-0.4, -0.2) is 61.6 Å². The van der Waals surface area contributed by atoms with Crippen LogP contribution < -0.4 is 9.64 Å². The molecule has 1 saturated heterocycles. The predicted octanol–water partition coefficient (Wildman–Crippen LogP) is 3.91. The molecule has 0 N–H and O–H groups in total. The van der Waals surface area contributed by atoms with E-state index in [1.165, 1.54) is 5.56 Å². The summed E-state index contributed by atoms with van der Waals surface area (Å²) in [6, 6.07) is 15.9. The van der Waals surface area contributed by atoms with Crippen LogP contribution in [0, 0.1) is 0 Å². The van der Waals surface area contributed by atoms with Gasteiger partial charge in [0.15, 0.2) is 6.61 Å². The summed E-state index contributed by atoms with van der Waals surface area (Å²) in [5.74, 6) is 0.786. The molecule has 0 aliphatic carbocycles. The van der Waals surface area contributed by atoms with Crippen LogP contribution in [0.4, 0.5) is 5.69 Å². The lowest BCUT2D eigenvalue weighted by atomic mass is 10.2. The van der Waals surface area contributed by atoms with Crippen molar-refractivity contribution in [3.8, 4) is 5.75 Å². The van der Waals surface area contributed by atoms with Crippen molar-refractivity contribution in [3.05, 3.63) is 59.1 Å². The second kappa shape index (κ2) is 10.5. The second-order valence-electron chi connectivity index (χ2n) is 7.24. The van der Waals surface area contributed by atoms with Crippen molar-refractivity contribution in [1.29, 1.82) is 0 Å². The Balaban J connectivity index is 1.45. The molecule has 156 valence electrons. The maximum atomic E-state index is 12.6. The van der Waals surface area contributed by atoms with Gasteiger partial charge in [-0.05, 0) is 43.7 Å². The molecule has 0 saturated carbocycles. The zero-order valence-corrected chi connectivity index (χ0v) is 18.1. The van der Waals surface area contributed by atoms with Gasteiger partial charge in [0.25, 0.3) is 5.91 Å². The second-order valence-corrected chi connectivity index (χ2v) is 7.68. The normalized spacial score (nSPS) is 14.7. The van der Waals surface area contributed by atoms with E-state index in [9.17, 15) is 4.79 Å². The monoisotopic (exact) mass is 415 g/mol. The molecule has 2 aromatic rings. The minimum Gasteiger partial charge on any atom is -0.484 e. The van der Waals surface area contributed by atoms with Crippen LogP contribution in [0.1, 0.15) is 19.4 Å². The van der Waals surface area contributed by atoms with E-state index < -0.39 is 0 Å². The molecular formula is C23H30ClN3O2. The van der Waals surface area contributed by atoms with Gasteiger partial charge in [0.1, 0.15) is 5.75 Å². The van der Waals surface area contributed by atoms with Crippen molar-refractivity contribution >= 4 is 23.2 Å². The number of piperazine rings is 1. The number of nitrogens with zero attached hydrogens (tertiary/aromatic N) is 3. The van der Waals surface area contributed by atoms with Gasteiger partial charge in [0, 0.05) is 62.6 Å². The zero-order chi connectivity index (χ0) is 20.6. The SMILES string of the molecule is CCN(CC)c1cccc(OCC(=O)N2CCN(Cc3ccc(Cl)cc3)CC2)c1. The summed E-state index contributed by atoms with van der Waals surface area (Å²) in [4.78, 5) is 19.1. The first-order valence-electron chi connectivity index (χ1n) is 10.3. The highest BCUT2D eigenvalue weighted by Crippen LogP contribution is 2.21. The average molecular weight is 416 g/mol. The van der Waals surface area contributed by atoms with E-state index in [2.05, 4.69) is 41.8 Å². The highest BCUT2D eigenvalue weighted by Gasteiger charge is 2.21. The minimum atomic E-state index is 0.0457. The molecule has 1 aliphatic rings. The fourth-order valence-corrected chi connectivity index (χ4v) is 3.72. The topological polar surface area (TPSA) is 36.0 Å². The van der Waals surface area contributed by atoms with Crippen LogP contribution in [0.25, 0.3) is 0 Å². The van der Waals surface area contributed by atoms with E-state index in [4.69, 9.17) is 16.3 Å². The molecule has 0 atom stereocenters. The number of carbonyl (C=O) groups excluding carboxylic acids is 1. The summed E-state index contributed by atoms with van der Waals surface area (Å²) in [5.41, 5.74) is 2.36. The van der Waals surface area contributed by atoms with Crippen LogP contribution in [-0.2, 0) is 11.3 Å². The summed E-state index contributed by atoms with van der Waals surface area (Å²) in [6.07, 6.45) is 0. The molecule has 1 aliphatic heterocycles. The van der Waals surface area contributed by atoms with E-state index >= 15 is 0 Å². The van der Waals surface area contributed by atoms with Gasteiger partial charge in [-0.25, -0.2) is 0 Å². The number of amides is 1. The molecular weight excluding hydrogens is 386 g/mol. The van der Waals surface area contributed by atoms with Crippen molar-refractivity contribution in [2.24, 2.45) is 0 Å². The van der Waals surface area contributed by atoms with Crippen molar-refractivity contribution in [2.75, 3.05) is 50.8 Å². The van der Waals surface area contributed by atoms with Crippen LogP contribution in [0.3, 0.4) is 0 Å².